The van der Waals surface area contributed by atoms with Gasteiger partial charge >= 0.3 is 6.16 Å². The molecule has 1 N–H and O–H groups in total. The highest BCUT2D eigenvalue weighted by molar-refractivity contribution is 5.82. The zero-order chi connectivity index (χ0) is 20.2. The Balaban J connectivity index is 1.99. The number of rotatable bonds is 7. The summed E-state index contributed by atoms with van der Waals surface area (Å²) in [5, 5.41) is 8.84. The van der Waals surface area contributed by atoms with Gasteiger partial charge in [-0.05, 0) is 63.3 Å². The zero-order valence-corrected chi connectivity index (χ0v) is 17.6. The standard InChI is InChI=1S/C21H33N3O3/c1-14-8-17(9-15(2)22-7)10-18-12-24(23-19(14)18)13-26-20(25)27-16(3)11-21(4,5)6/h8,10,12,15-16,22H,9,11,13H2,1-7H3. The maximum Gasteiger partial charge on any atom is 0.510 e. The molecule has 0 saturated heterocycles. The van der Waals surface area contributed by atoms with Crippen molar-refractivity contribution in [1.82, 2.24) is 15.1 Å². The Morgan fingerprint density at radius 2 is 2.00 bits per heavy atom. The predicted molar refractivity (Wildman–Crippen MR) is 108 cm³/mol. The molecule has 0 fully saturated rings. The lowest BCUT2D eigenvalue weighted by atomic mass is 9.90. The van der Waals surface area contributed by atoms with E-state index >= 15 is 0 Å². The van der Waals surface area contributed by atoms with Gasteiger partial charge in [0, 0.05) is 17.6 Å². The third kappa shape index (κ3) is 6.54. The van der Waals surface area contributed by atoms with E-state index in [1.807, 2.05) is 20.2 Å². The predicted octanol–water partition coefficient (Wildman–Crippen LogP) is 4.43. The largest absolute Gasteiger partial charge is 0.510 e. The van der Waals surface area contributed by atoms with Crippen molar-refractivity contribution in [2.24, 2.45) is 5.41 Å². The smallest absolute Gasteiger partial charge is 0.431 e. The lowest BCUT2D eigenvalue weighted by Crippen LogP contribution is -2.23. The lowest BCUT2D eigenvalue weighted by Gasteiger charge is -2.22. The van der Waals surface area contributed by atoms with Crippen LogP contribution in [0.5, 0.6) is 0 Å². The van der Waals surface area contributed by atoms with Crippen LogP contribution in [0, 0.1) is 12.3 Å². The summed E-state index contributed by atoms with van der Waals surface area (Å²) in [5.41, 5.74) is 3.40. The van der Waals surface area contributed by atoms with Crippen molar-refractivity contribution < 1.29 is 14.3 Å². The first-order chi connectivity index (χ1) is 12.6. The van der Waals surface area contributed by atoms with Gasteiger partial charge in [-0.1, -0.05) is 26.8 Å². The molecule has 1 heterocycles. The number of aryl methyl sites for hydroxylation is 1. The number of nitrogens with zero attached hydrogens (tertiary/aromatic N) is 2. The average Bonchev–Trinajstić information content (AvgIpc) is 2.94. The molecule has 2 atom stereocenters. The molecule has 0 radical (unpaired) electrons. The summed E-state index contributed by atoms with van der Waals surface area (Å²) in [6.45, 7) is 12.5. The van der Waals surface area contributed by atoms with Crippen molar-refractivity contribution in [2.45, 2.75) is 73.3 Å². The maximum atomic E-state index is 11.9. The number of ether oxygens (including phenoxy) is 2. The third-order valence-corrected chi connectivity index (χ3v) is 4.45. The van der Waals surface area contributed by atoms with E-state index in [9.17, 15) is 4.79 Å². The van der Waals surface area contributed by atoms with E-state index < -0.39 is 6.16 Å². The third-order valence-electron chi connectivity index (χ3n) is 4.45. The van der Waals surface area contributed by atoms with Crippen LogP contribution in [0.4, 0.5) is 4.79 Å². The first-order valence-corrected chi connectivity index (χ1v) is 9.55. The minimum atomic E-state index is -0.661. The summed E-state index contributed by atoms with van der Waals surface area (Å²) in [6.07, 6.45) is 2.79. The van der Waals surface area contributed by atoms with E-state index in [1.165, 1.54) is 5.56 Å². The Hall–Kier alpha value is -2.08. The summed E-state index contributed by atoms with van der Waals surface area (Å²) in [7, 11) is 1.97. The molecule has 0 bridgehead atoms. The number of fused-ring (bicyclic) bond motifs is 1. The number of nitrogens with one attached hydrogen (secondary N) is 1. The Morgan fingerprint density at radius 1 is 1.30 bits per heavy atom. The van der Waals surface area contributed by atoms with Gasteiger partial charge in [-0.25, -0.2) is 9.48 Å². The molecule has 0 aliphatic rings. The van der Waals surface area contributed by atoms with Gasteiger partial charge in [-0.3, -0.25) is 0 Å². The van der Waals surface area contributed by atoms with Crippen LogP contribution in [0.1, 0.15) is 52.2 Å². The van der Waals surface area contributed by atoms with Crippen molar-refractivity contribution in [2.75, 3.05) is 7.05 Å². The molecule has 1 aromatic carbocycles. The van der Waals surface area contributed by atoms with E-state index in [2.05, 4.69) is 57.2 Å². The SMILES string of the molecule is CNC(C)Cc1cc(C)c2nn(COC(=O)OC(C)CC(C)(C)C)cc2c1. The summed E-state index contributed by atoms with van der Waals surface area (Å²) < 4.78 is 12.2. The molecule has 6 nitrogen and oxygen atoms in total. The summed E-state index contributed by atoms with van der Waals surface area (Å²) in [4.78, 5) is 11.9. The molecular formula is C21H33N3O3. The van der Waals surface area contributed by atoms with E-state index in [1.54, 1.807) is 4.68 Å². The summed E-state index contributed by atoms with van der Waals surface area (Å²) >= 11 is 0. The van der Waals surface area contributed by atoms with Gasteiger partial charge in [0.05, 0.1) is 5.52 Å². The average molecular weight is 376 g/mol. The maximum absolute atomic E-state index is 11.9. The lowest BCUT2D eigenvalue weighted by molar-refractivity contribution is -0.000759. The van der Waals surface area contributed by atoms with Crippen molar-refractivity contribution in [3.8, 4) is 0 Å². The number of carbonyl (C=O) groups excluding carboxylic acids is 1. The van der Waals surface area contributed by atoms with Crippen LogP contribution >= 0.6 is 0 Å². The van der Waals surface area contributed by atoms with Crippen molar-refractivity contribution in [3.05, 3.63) is 29.5 Å². The molecule has 2 aromatic rings. The van der Waals surface area contributed by atoms with E-state index in [0.717, 1.165) is 29.3 Å². The second kappa shape index (κ2) is 8.74. The van der Waals surface area contributed by atoms with Crippen LogP contribution in [0.15, 0.2) is 18.3 Å². The van der Waals surface area contributed by atoms with Gasteiger partial charge < -0.3 is 14.8 Å². The first-order valence-electron chi connectivity index (χ1n) is 9.55. The van der Waals surface area contributed by atoms with Gasteiger partial charge in [-0.15, -0.1) is 0 Å². The number of aromatic nitrogens is 2. The fourth-order valence-corrected chi connectivity index (χ4v) is 3.30. The Labute approximate surface area is 162 Å². The Morgan fingerprint density at radius 3 is 2.63 bits per heavy atom. The second-order valence-electron chi connectivity index (χ2n) is 8.63. The normalized spacial score (nSPS) is 14.2. The number of hydrogen-bond acceptors (Lipinski definition) is 5. The summed E-state index contributed by atoms with van der Waals surface area (Å²) in [6, 6.07) is 4.71. The highest BCUT2D eigenvalue weighted by Crippen LogP contribution is 2.23. The number of carbonyl (C=O) groups is 1. The number of likely N-dealkylation sites (N-methyl/N-ethyl adjacent to an activating group) is 1. The number of hydrogen-bond donors (Lipinski definition) is 1. The van der Waals surface area contributed by atoms with Crippen LogP contribution in [-0.2, 0) is 22.6 Å². The summed E-state index contributed by atoms with van der Waals surface area (Å²) in [5.74, 6) is 0. The Kier molecular flexibility index (Phi) is 6.87. The molecule has 150 valence electrons. The van der Waals surface area contributed by atoms with Crippen LogP contribution < -0.4 is 5.32 Å². The van der Waals surface area contributed by atoms with Crippen molar-refractivity contribution in [1.29, 1.82) is 0 Å². The van der Waals surface area contributed by atoms with Crippen molar-refractivity contribution in [3.63, 3.8) is 0 Å². The number of benzene rings is 1. The topological polar surface area (TPSA) is 65.4 Å². The zero-order valence-electron chi connectivity index (χ0n) is 17.6. The molecule has 0 amide bonds. The molecular weight excluding hydrogens is 342 g/mol. The van der Waals surface area contributed by atoms with Crippen LogP contribution in [0.2, 0.25) is 0 Å². The molecule has 0 aliphatic carbocycles. The fraction of sp³-hybridized carbons (Fsp3) is 0.619. The van der Waals surface area contributed by atoms with Crippen LogP contribution in [0.25, 0.3) is 10.9 Å². The quantitative estimate of drug-likeness (QED) is 0.725. The van der Waals surface area contributed by atoms with Crippen LogP contribution in [-0.4, -0.2) is 35.1 Å². The molecule has 27 heavy (non-hydrogen) atoms. The highest BCUT2D eigenvalue weighted by atomic mass is 16.7. The molecule has 0 spiro atoms. The first kappa shape index (κ1) is 21.2. The van der Waals surface area contributed by atoms with Gasteiger partial charge in [-0.2, -0.15) is 5.10 Å². The molecule has 1 aromatic heterocycles. The Bertz CT molecular complexity index is 777. The van der Waals surface area contributed by atoms with Gasteiger partial charge in [0.15, 0.2) is 6.73 Å². The van der Waals surface area contributed by atoms with Gasteiger partial charge in [0.25, 0.3) is 0 Å². The highest BCUT2D eigenvalue weighted by Gasteiger charge is 2.19. The molecule has 0 aliphatic heterocycles. The molecule has 0 saturated carbocycles. The van der Waals surface area contributed by atoms with E-state index in [0.29, 0.717) is 6.04 Å². The van der Waals surface area contributed by atoms with Gasteiger partial charge in [0.1, 0.15) is 6.10 Å². The second-order valence-corrected chi connectivity index (χ2v) is 8.63. The van der Waals surface area contributed by atoms with E-state index in [-0.39, 0.29) is 18.2 Å². The monoisotopic (exact) mass is 375 g/mol. The molecule has 2 unspecified atom stereocenters. The minimum Gasteiger partial charge on any atom is -0.431 e. The molecule has 6 heteroatoms. The van der Waals surface area contributed by atoms with Gasteiger partial charge in [0.2, 0.25) is 0 Å². The minimum absolute atomic E-state index is 0.0391. The fourth-order valence-electron chi connectivity index (χ4n) is 3.30. The molecule has 2 rings (SSSR count). The van der Waals surface area contributed by atoms with E-state index in [4.69, 9.17) is 9.47 Å². The van der Waals surface area contributed by atoms with Crippen LogP contribution in [0.3, 0.4) is 0 Å². The van der Waals surface area contributed by atoms with Crippen molar-refractivity contribution >= 4 is 17.1 Å².